The van der Waals surface area contributed by atoms with E-state index >= 15 is 0 Å². The van der Waals surface area contributed by atoms with E-state index in [-0.39, 0.29) is 46.9 Å². The fourth-order valence-electron chi connectivity index (χ4n) is 4.03. The molecule has 162 valence electrons. The van der Waals surface area contributed by atoms with E-state index in [1.807, 2.05) is 13.8 Å². The van der Waals surface area contributed by atoms with E-state index < -0.39 is 0 Å². The second-order valence-electron chi connectivity index (χ2n) is 8.39. The van der Waals surface area contributed by atoms with Gasteiger partial charge in [0, 0.05) is 31.2 Å². The highest BCUT2D eigenvalue weighted by Crippen LogP contribution is 2.26. The van der Waals surface area contributed by atoms with Gasteiger partial charge >= 0.3 is 0 Å². The Morgan fingerprint density at radius 3 is 2.45 bits per heavy atom. The van der Waals surface area contributed by atoms with Crippen molar-refractivity contribution in [2.45, 2.75) is 32.7 Å². The van der Waals surface area contributed by atoms with Crippen LogP contribution < -0.4 is 5.32 Å². The van der Waals surface area contributed by atoms with Gasteiger partial charge in [0.1, 0.15) is 0 Å². The molecule has 4 rings (SSSR count). The highest BCUT2D eigenvalue weighted by Gasteiger charge is 2.36. The Labute approximate surface area is 180 Å². The number of likely N-dealkylation sites (tertiary alicyclic amines) is 1. The molecule has 1 saturated heterocycles. The van der Waals surface area contributed by atoms with E-state index in [0.29, 0.717) is 43.6 Å². The molecule has 4 amide bonds. The third kappa shape index (κ3) is 4.10. The summed E-state index contributed by atoms with van der Waals surface area (Å²) in [6.45, 7) is 5.22. The predicted octanol–water partition coefficient (Wildman–Crippen LogP) is 2.57. The number of amides is 4. The second kappa shape index (κ2) is 8.37. The molecule has 31 heavy (non-hydrogen) atoms. The number of piperidine rings is 1. The van der Waals surface area contributed by atoms with Crippen molar-refractivity contribution in [1.82, 2.24) is 15.1 Å². The summed E-state index contributed by atoms with van der Waals surface area (Å²) in [5.74, 6) is -0.660. The van der Waals surface area contributed by atoms with Crippen molar-refractivity contribution in [2.24, 2.45) is 5.92 Å². The van der Waals surface area contributed by atoms with Crippen molar-refractivity contribution < 1.29 is 23.6 Å². The van der Waals surface area contributed by atoms with Crippen LogP contribution >= 0.6 is 0 Å². The first kappa shape index (κ1) is 20.8. The zero-order valence-corrected chi connectivity index (χ0v) is 17.6. The maximum atomic E-state index is 13.0. The minimum Gasteiger partial charge on any atom is -0.459 e. The maximum absolute atomic E-state index is 13.0. The largest absolute Gasteiger partial charge is 0.459 e. The standard InChI is InChI=1S/C23H25N3O5/c1-14(2)13-26-22(29)17-6-5-15(12-18(17)23(26)30)21(28)25-9-7-16(8-10-25)24-20(27)19-4-3-11-31-19/h3-6,11-12,14,16H,7-10,13H2,1-2H3,(H,24,27). The van der Waals surface area contributed by atoms with E-state index in [2.05, 4.69) is 5.32 Å². The summed E-state index contributed by atoms with van der Waals surface area (Å²) in [7, 11) is 0. The molecule has 1 aromatic carbocycles. The normalized spacial score (nSPS) is 16.7. The van der Waals surface area contributed by atoms with Crippen molar-refractivity contribution in [1.29, 1.82) is 0 Å². The third-order valence-corrected chi connectivity index (χ3v) is 5.63. The van der Waals surface area contributed by atoms with E-state index in [1.165, 1.54) is 17.2 Å². The molecule has 0 spiro atoms. The number of hydrogen-bond donors (Lipinski definition) is 1. The molecule has 0 atom stereocenters. The number of imide groups is 1. The van der Waals surface area contributed by atoms with Crippen LogP contribution in [-0.2, 0) is 0 Å². The highest BCUT2D eigenvalue weighted by atomic mass is 16.3. The lowest BCUT2D eigenvalue weighted by atomic mass is 10.0. The maximum Gasteiger partial charge on any atom is 0.287 e. The SMILES string of the molecule is CC(C)CN1C(=O)c2ccc(C(=O)N3CCC(NC(=O)c4ccco4)CC3)cc2C1=O. The molecular weight excluding hydrogens is 398 g/mol. The first-order chi connectivity index (χ1) is 14.8. The number of furan rings is 1. The van der Waals surface area contributed by atoms with Crippen molar-refractivity contribution in [3.05, 3.63) is 59.0 Å². The summed E-state index contributed by atoms with van der Waals surface area (Å²) in [5.41, 5.74) is 1.03. The lowest BCUT2D eigenvalue weighted by Crippen LogP contribution is -2.46. The molecule has 1 aromatic heterocycles. The van der Waals surface area contributed by atoms with Gasteiger partial charge in [-0.25, -0.2) is 0 Å². The van der Waals surface area contributed by atoms with Crippen LogP contribution in [0.15, 0.2) is 41.0 Å². The molecule has 0 saturated carbocycles. The lowest BCUT2D eigenvalue weighted by molar-refractivity contribution is 0.0634. The number of nitrogens with zero attached hydrogens (tertiary/aromatic N) is 2. The van der Waals surface area contributed by atoms with Crippen LogP contribution in [0.25, 0.3) is 0 Å². The zero-order valence-electron chi connectivity index (χ0n) is 17.6. The Balaban J connectivity index is 1.39. The summed E-state index contributed by atoms with van der Waals surface area (Å²) in [6.07, 6.45) is 2.71. The Morgan fingerprint density at radius 2 is 1.81 bits per heavy atom. The summed E-state index contributed by atoms with van der Waals surface area (Å²) in [4.78, 5) is 53.2. The van der Waals surface area contributed by atoms with E-state index in [9.17, 15) is 19.2 Å². The van der Waals surface area contributed by atoms with Crippen LogP contribution in [0.2, 0.25) is 0 Å². The summed E-state index contributed by atoms with van der Waals surface area (Å²) < 4.78 is 5.10. The molecular formula is C23H25N3O5. The Morgan fingerprint density at radius 1 is 1.10 bits per heavy atom. The number of fused-ring (bicyclic) bond motifs is 1. The van der Waals surface area contributed by atoms with Crippen molar-refractivity contribution in [3.8, 4) is 0 Å². The van der Waals surface area contributed by atoms with Crippen LogP contribution in [0.4, 0.5) is 0 Å². The van der Waals surface area contributed by atoms with Gasteiger partial charge in [-0.1, -0.05) is 13.8 Å². The molecule has 8 nitrogen and oxygen atoms in total. The number of hydrogen-bond acceptors (Lipinski definition) is 5. The molecule has 1 N–H and O–H groups in total. The van der Waals surface area contributed by atoms with Crippen LogP contribution in [-0.4, -0.2) is 59.1 Å². The average molecular weight is 423 g/mol. The fourth-order valence-corrected chi connectivity index (χ4v) is 4.03. The number of nitrogens with one attached hydrogen (secondary N) is 1. The molecule has 2 aromatic rings. The molecule has 0 aliphatic carbocycles. The summed E-state index contributed by atoms with van der Waals surface area (Å²) in [5, 5.41) is 2.93. The second-order valence-corrected chi connectivity index (χ2v) is 8.39. The molecule has 0 radical (unpaired) electrons. The fraction of sp³-hybridized carbons (Fsp3) is 0.391. The van der Waals surface area contributed by atoms with Gasteiger partial charge in [0.05, 0.1) is 17.4 Å². The monoisotopic (exact) mass is 423 g/mol. The van der Waals surface area contributed by atoms with Crippen LogP contribution in [0.3, 0.4) is 0 Å². The third-order valence-electron chi connectivity index (χ3n) is 5.63. The highest BCUT2D eigenvalue weighted by molar-refractivity contribution is 6.22. The molecule has 1 fully saturated rings. The number of carbonyl (C=O) groups excluding carboxylic acids is 4. The lowest BCUT2D eigenvalue weighted by Gasteiger charge is -2.32. The smallest absolute Gasteiger partial charge is 0.287 e. The van der Waals surface area contributed by atoms with Gasteiger partial charge in [0.15, 0.2) is 5.76 Å². The van der Waals surface area contributed by atoms with Gasteiger partial charge in [-0.3, -0.25) is 24.1 Å². The van der Waals surface area contributed by atoms with Gasteiger partial charge in [-0.15, -0.1) is 0 Å². The topological polar surface area (TPSA) is 99.9 Å². The molecule has 2 aliphatic heterocycles. The van der Waals surface area contributed by atoms with E-state index in [4.69, 9.17) is 4.42 Å². The zero-order chi connectivity index (χ0) is 22.1. The van der Waals surface area contributed by atoms with Crippen molar-refractivity contribution >= 4 is 23.6 Å². The average Bonchev–Trinajstić information content (AvgIpc) is 3.38. The van der Waals surface area contributed by atoms with Gasteiger partial charge in [0.25, 0.3) is 23.6 Å². The van der Waals surface area contributed by atoms with E-state index in [1.54, 1.807) is 29.2 Å². The number of carbonyl (C=O) groups is 4. The summed E-state index contributed by atoms with van der Waals surface area (Å²) >= 11 is 0. The molecule has 8 heteroatoms. The molecule has 3 heterocycles. The minimum absolute atomic E-state index is 0.0366. The quantitative estimate of drug-likeness (QED) is 0.745. The van der Waals surface area contributed by atoms with Gasteiger partial charge in [0.2, 0.25) is 0 Å². The minimum atomic E-state index is -0.345. The van der Waals surface area contributed by atoms with Crippen LogP contribution in [0, 0.1) is 5.92 Å². The van der Waals surface area contributed by atoms with Crippen LogP contribution in [0.5, 0.6) is 0 Å². The number of benzene rings is 1. The molecule has 0 bridgehead atoms. The summed E-state index contributed by atoms with van der Waals surface area (Å²) in [6, 6.07) is 7.94. The van der Waals surface area contributed by atoms with Gasteiger partial charge in [-0.05, 0) is 49.1 Å². The Hall–Kier alpha value is -3.42. The van der Waals surface area contributed by atoms with Crippen LogP contribution in [0.1, 0.15) is 68.3 Å². The van der Waals surface area contributed by atoms with E-state index in [0.717, 1.165) is 0 Å². The van der Waals surface area contributed by atoms with Crippen molar-refractivity contribution in [3.63, 3.8) is 0 Å². The van der Waals surface area contributed by atoms with Gasteiger partial charge in [-0.2, -0.15) is 0 Å². The number of rotatable bonds is 5. The van der Waals surface area contributed by atoms with Gasteiger partial charge < -0.3 is 14.6 Å². The molecule has 0 unspecified atom stereocenters. The first-order valence-electron chi connectivity index (χ1n) is 10.5. The predicted molar refractivity (Wildman–Crippen MR) is 112 cm³/mol. The Bertz CT molecular complexity index is 1020. The molecule has 2 aliphatic rings. The Kier molecular flexibility index (Phi) is 5.63. The first-order valence-corrected chi connectivity index (χ1v) is 10.5. The van der Waals surface area contributed by atoms with Crippen molar-refractivity contribution in [2.75, 3.05) is 19.6 Å².